The summed E-state index contributed by atoms with van der Waals surface area (Å²) in [5.41, 5.74) is 11.5. The molecule has 0 amide bonds. The molecule has 0 N–H and O–H groups in total. The zero-order chi connectivity index (χ0) is 35.5. The maximum Gasteiger partial charge on any atom is -0.172 e. The van der Waals surface area contributed by atoms with Crippen molar-refractivity contribution in [1.29, 1.82) is 0 Å². The van der Waals surface area contributed by atoms with E-state index in [-0.39, 0.29) is 10.8 Å². The Morgan fingerprint density at radius 2 is 1.10 bits per heavy atom. The van der Waals surface area contributed by atoms with Crippen LogP contribution in [0.1, 0.15) is 74.9 Å². The standard InChI is InChI=1S/C21H25.C19H26Si2.C5H5.Hf/c1-20(2,3)16-7-9-18-14(12-16)11-15-13-17(21(4,5)6)8-10-19(15)18;1-20(2,3)18-11-7-16(8-12-18)15-17-9-13-19(14-10-17)21(4,5)6;1-2-4-5-3-1;/h7-10,12H,11H2,1-6H3;7-14H,1-6H3;1-5H;/q-1;;-1;+2. The topological polar surface area (TPSA) is 0 Å². The van der Waals surface area contributed by atoms with Crippen LogP contribution in [0.3, 0.4) is 0 Å². The molecule has 0 aromatic heterocycles. The monoisotopic (exact) mass is 832 g/mol. The van der Waals surface area contributed by atoms with Crippen molar-refractivity contribution in [3.63, 3.8) is 0 Å². The Hall–Kier alpha value is -2.60. The minimum atomic E-state index is -1.19. The molecule has 3 heteroatoms. The maximum absolute atomic E-state index is 3.67. The van der Waals surface area contributed by atoms with E-state index in [0.717, 1.165) is 30.3 Å². The van der Waals surface area contributed by atoms with E-state index in [1.165, 1.54) is 47.8 Å². The molecule has 1 aliphatic carbocycles. The largest absolute Gasteiger partial charge is 0.214 e. The molecular weight excluding hydrogens is 775 g/mol. The Kier molecular flexibility index (Phi) is 12.0. The van der Waals surface area contributed by atoms with Crippen LogP contribution >= 0.6 is 0 Å². The van der Waals surface area contributed by atoms with Gasteiger partial charge in [-0.25, -0.2) is 12.1 Å². The molecule has 1 aliphatic rings. The Balaban J connectivity index is 0.000000189. The van der Waals surface area contributed by atoms with Crippen molar-refractivity contribution in [3.8, 4) is 11.1 Å². The average Bonchev–Trinajstić information content (AvgIpc) is 3.71. The third-order valence-corrected chi connectivity index (χ3v) is 15.3. The summed E-state index contributed by atoms with van der Waals surface area (Å²) >= 11 is 1.08. The Morgan fingerprint density at radius 1 is 0.625 bits per heavy atom. The summed E-state index contributed by atoms with van der Waals surface area (Å²) in [6, 6.07) is 43.8. The third kappa shape index (κ3) is 9.99. The van der Waals surface area contributed by atoms with E-state index in [0.29, 0.717) is 0 Å². The van der Waals surface area contributed by atoms with Crippen molar-refractivity contribution in [1.82, 2.24) is 0 Å². The van der Waals surface area contributed by atoms with Gasteiger partial charge in [-0.15, -0.1) is 11.1 Å². The second-order valence-electron chi connectivity index (χ2n) is 17.3. The first-order valence-electron chi connectivity index (χ1n) is 17.4. The van der Waals surface area contributed by atoms with Crippen LogP contribution in [0.4, 0.5) is 0 Å². The second kappa shape index (κ2) is 15.1. The quantitative estimate of drug-likeness (QED) is 0.123. The molecule has 0 bridgehead atoms. The molecule has 0 aliphatic heterocycles. The molecule has 0 radical (unpaired) electrons. The van der Waals surface area contributed by atoms with E-state index in [1.807, 2.05) is 30.3 Å². The van der Waals surface area contributed by atoms with Gasteiger partial charge in [-0.1, -0.05) is 65.3 Å². The van der Waals surface area contributed by atoms with Crippen LogP contribution in [0, 0.1) is 6.07 Å². The minimum absolute atomic E-state index is 0.167. The van der Waals surface area contributed by atoms with Crippen LogP contribution in [0.2, 0.25) is 39.3 Å². The van der Waals surface area contributed by atoms with Gasteiger partial charge in [0, 0.05) is 0 Å². The molecule has 5 aromatic rings. The molecule has 6 rings (SSSR count). The molecule has 0 spiro atoms. The van der Waals surface area contributed by atoms with Crippen LogP contribution in [0.15, 0.2) is 109 Å². The van der Waals surface area contributed by atoms with Gasteiger partial charge in [-0.2, -0.15) is 42.0 Å². The van der Waals surface area contributed by atoms with E-state index < -0.39 is 16.1 Å². The average molecular weight is 832 g/mol. The van der Waals surface area contributed by atoms with E-state index in [1.54, 1.807) is 10.4 Å². The zero-order valence-electron chi connectivity index (χ0n) is 31.6. The number of hydrogen-bond acceptors (Lipinski definition) is 0. The predicted molar refractivity (Wildman–Crippen MR) is 215 cm³/mol. The van der Waals surface area contributed by atoms with Crippen LogP contribution in [-0.4, -0.2) is 19.4 Å². The van der Waals surface area contributed by atoms with Crippen LogP contribution < -0.4 is 10.4 Å². The van der Waals surface area contributed by atoms with E-state index in [9.17, 15) is 0 Å². The number of hydrogen-bond donors (Lipinski definition) is 0. The smallest absolute Gasteiger partial charge is 0.172 e. The summed E-state index contributed by atoms with van der Waals surface area (Å²) in [4.78, 5) is 0. The maximum atomic E-state index is 3.67. The summed E-state index contributed by atoms with van der Waals surface area (Å²) in [7, 11) is -2.38. The fraction of sp³-hybridized carbons (Fsp3) is 0.333. The van der Waals surface area contributed by atoms with Crippen molar-refractivity contribution in [2.24, 2.45) is 0 Å². The van der Waals surface area contributed by atoms with Gasteiger partial charge in [0.25, 0.3) is 0 Å². The Labute approximate surface area is 309 Å². The summed E-state index contributed by atoms with van der Waals surface area (Å²) in [6.45, 7) is 28.0. The zero-order valence-corrected chi connectivity index (χ0v) is 37.2. The van der Waals surface area contributed by atoms with Gasteiger partial charge in [0.05, 0.1) is 0 Å². The SMILES string of the molecule is CC(C)(C)c1[c-]c2c(cc1)-c1ccc(C(C)(C)C)cc1C2.C[Si](C)(C)c1ccc([C](=[Hf+2])c2ccc([Si](C)(C)C)cc2)cc1.c1cc[cH-]c1. The van der Waals surface area contributed by atoms with Gasteiger partial charge in [0.15, 0.2) is 0 Å². The number of benzene rings is 4. The first-order valence-corrected chi connectivity index (χ1v) is 26.2. The normalized spacial score (nSPS) is 12.6. The first kappa shape index (κ1) is 38.2. The molecule has 0 unspecified atom stereocenters. The van der Waals surface area contributed by atoms with Crippen molar-refractivity contribution in [2.45, 2.75) is 98.1 Å². The molecule has 0 atom stereocenters. The van der Waals surface area contributed by atoms with Gasteiger partial charge in [-0.3, -0.25) is 0 Å². The molecule has 0 nitrogen and oxygen atoms in total. The van der Waals surface area contributed by atoms with E-state index in [2.05, 4.69) is 166 Å². The van der Waals surface area contributed by atoms with Crippen molar-refractivity contribution in [3.05, 3.63) is 149 Å². The van der Waals surface area contributed by atoms with Gasteiger partial charge >= 0.3 is 153 Å². The summed E-state index contributed by atoms with van der Waals surface area (Å²) < 4.78 is 1.50. The van der Waals surface area contributed by atoms with Crippen molar-refractivity contribution in [2.75, 3.05) is 0 Å². The molecule has 248 valence electrons. The van der Waals surface area contributed by atoms with Gasteiger partial charge in [0.1, 0.15) is 0 Å². The molecule has 48 heavy (non-hydrogen) atoms. The Morgan fingerprint density at radius 3 is 1.50 bits per heavy atom. The number of fused-ring (bicyclic) bond motifs is 3. The van der Waals surface area contributed by atoms with E-state index >= 15 is 0 Å². The predicted octanol–water partition coefficient (Wildman–Crippen LogP) is 11.0. The fourth-order valence-corrected chi connectivity index (χ4v) is 9.32. The number of rotatable bonds is 4. The van der Waals surface area contributed by atoms with Crippen LogP contribution in [0.25, 0.3) is 11.1 Å². The summed E-state index contributed by atoms with van der Waals surface area (Å²) in [6.07, 6.45) is 1.03. The molecule has 0 fully saturated rings. The molecule has 5 aromatic carbocycles. The molecule has 0 saturated heterocycles. The molecule has 0 heterocycles. The third-order valence-electron chi connectivity index (χ3n) is 9.10. The van der Waals surface area contributed by atoms with Crippen LogP contribution in [0.5, 0.6) is 0 Å². The molecular formula is C45H56HfSi2. The first-order chi connectivity index (χ1) is 22.2. The summed E-state index contributed by atoms with van der Waals surface area (Å²) in [5.74, 6) is 0. The fourth-order valence-electron chi connectivity index (χ4n) is 5.79. The minimum Gasteiger partial charge on any atom is -0.214 e. The van der Waals surface area contributed by atoms with Gasteiger partial charge < -0.3 is 0 Å². The van der Waals surface area contributed by atoms with Crippen molar-refractivity contribution < 1.29 is 23.9 Å². The molecule has 0 saturated carbocycles. The van der Waals surface area contributed by atoms with Gasteiger partial charge in [0.2, 0.25) is 0 Å². The van der Waals surface area contributed by atoms with Crippen molar-refractivity contribution >= 4 is 29.8 Å². The Bertz CT molecular complexity index is 1660. The van der Waals surface area contributed by atoms with E-state index in [4.69, 9.17) is 0 Å². The summed E-state index contributed by atoms with van der Waals surface area (Å²) in [5, 5.41) is 3.08. The second-order valence-corrected chi connectivity index (χ2v) is 29.3. The van der Waals surface area contributed by atoms with Crippen LogP contribution in [-0.2, 0) is 41.1 Å². The van der Waals surface area contributed by atoms with Gasteiger partial charge in [-0.05, 0) is 28.4 Å².